The molecule has 110 valence electrons. The molecule has 21 heavy (non-hydrogen) atoms. The first kappa shape index (κ1) is 15.2. The van der Waals surface area contributed by atoms with Crippen LogP contribution >= 0.6 is 11.6 Å². The highest BCUT2D eigenvalue weighted by atomic mass is 35.5. The van der Waals surface area contributed by atoms with Crippen LogP contribution < -0.4 is 10.9 Å². The van der Waals surface area contributed by atoms with E-state index in [2.05, 4.69) is 10.3 Å². The predicted octanol–water partition coefficient (Wildman–Crippen LogP) is 1.63. The van der Waals surface area contributed by atoms with Crippen LogP contribution in [0.1, 0.15) is 22.0 Å². The van der Waals surface area contributed by atoms with Crippen molar-refractivity contribution in [3.8, 4) is 0 Å². The van der Waals surface area contributed by atoms with Gasteiger partial charge in [-0.15, -0.1) is 0 Å². The second-order valence-electron chi connectivity index (χ2n) is 4.34. The van der Waals surface area contributed by atoms with E-state index in [0.717, 1.165) is 12.1 Å². The van der Waals surface area contributed by atoms with Crippen LogP contribution in [-0.2, 0) is 0 Å². The molecule has 0 saturated carbocycles. The molecule has 1 heterocycles. The average Bonchev–Trinajstić information content (AvgIpc) is 2.47. The Labute approximate surface area is 124 Å². The Morgan fingerprint density at radius 2 is 2.14 bits per heavy atom. The fourth-order valence-corrected chi connectivity index (χ4v) is 1.83. The van der Waals surface area contributed by atoms with E-state index in [1.54, 1.807) is 0 Å². The van der Waals surface area contributed by atoms with E-state index in [0.29, 0.717) is 5.56 Å². The minimum Gasteiger partial charge on any atom is -0.387 e. The molecular formula is C14H12ClFN2O3. The number of aliphatic hydroxyl groups excluding tert-OH is 1. The van der Waals surface area contributed by atoms with Gasteiger partial charge in [-0.25, -0.2) is 4.39 Å². The van der Waals surface area contributed by atoms with Gasteiger partial charge < -0.3 is 15.4 Å². The normalized spacial score (nSPS) is 12.0. The summed E-state index contributed by atoms with van der Waals surface area (Å²) in [6, 6.07) is 6.48. The van der Waals surface area contributed by atoms with Gasteiger partial charge in [0.2, 0.25) is 5.56 Å². The fourth-order valence-electron chi connectivity index (χ4n) is 1.71. The molecule has 3 N–H and O–H groups in total. The highest BCUT2D eigenvalue weighted by Crippen LogP contribution is 2.19. The van der Waals surface area contributed by atoms with Crippen molar-refractivity contribution in [1.29, 1.82) is 0 Å². The van der Waals surface area contributed by atoms with Crippen molar-refractivity contribution in [3.05, 3.63) is 68.8 Å². The van der Waals surface area contributed by atoms with E-state index >= 15 is 0 Å². The number of aromatic amines is 1. The summed E-state index contributed by atoms with van der Waals surface area (Å²) in [6.45, 7) is -0.118. The van der Waals surface area contributed by atoms with Gasteiger partial charge >= 0.3 is 0 Å². The number of amides is 1. The molecule has 0 aliphatic rings. The Hall–Kier alpha value is -2.18. The minimum absolute atomic E-state index is 0.0431. The zero-order valence-corrected chi connectivity index (χ0v) is 11.5. The van der Waals surface area contributed by atoms with Crippen LogP contribution in [0.15, 0.2) is 41.3 Å². The SMILES string of the molecule is O=C(NCC(O)c1ccc(Cl)c(F)c1)c1cc[nH]c(=O)c1. The number of carbonyl (C=O) groups excluding carboxylic acids is 1. The molecule has 0 saturated heterocycles. The Morgan fingerprint density at radius 1 is 1.38 bits per heavy atom. The first-order valence-electron chi connectivity index (χ1n) is 6.07. The molecule has 5 nitrogen and oxygen atoms in total. The zero-order chi connectivity index (χ0) is 15.4. The second kappa shape index (κ2) is 6.51. The highest BCUT2D eigenvalue weighted by Gasteiger charge is 2.12. The smallest absolute Gasteiger partial charge is 0.251 e. The Bertz CT molecular complexity index is 717. The van der Waals surface area contributed by atoms with Crippen molar-refractivity contribution in [1.82, 2.24) is 10.3 Å². The number of rotatable bonds is 4. The third-order valence-electron chi connectivity index (χ3n) is 2.82. The summed E-state index contributed by atoms with van der Waals surface area (Å²) in [6.07, 6.45) is 0.269. The van der Waals surface area contributed by atoms with Gasteiger partial charge in [0.15, 0.2) is 0 Å². The van der Waals surface area contributed by atoms with Crippen molar-refractivity contribution >= 4 is 17.5 Å². The monoisotopic (exact) mass is 310 g/mol. The van der Waals surface area contributed by atoms with Gasteiger partial charge in [-0.2, -0.15) is 0 Å². The van der Waals surface area contributed by atoms with Gasteiger partial charge in [0, 0.05) is 24.4 Å². The van der Waals surface area contributed by atoms with Gasteiger partial charge in [0.05, 0.1) is 11.1 Å². The molecule has 1 unspecified atom stereocenters. The van der Waals surface area contributed by atoms with Crippen LogP contribution in [-0.4, -0.2) is 22.5 Å². The molecule has 1 aromatic carbocycles. The summed E-state index contributed by atoms with van der Waals surface area (Å²) in [5.41, 5.74) is 0.0688. The number of nitrogens with one attached hydrogen (secondary N) is 2. The number of hydrogen-bond acceptors (Lipinski definition) is 3. The standard InChI is InChI=1S/C14H12ClFN2O3/c15-10-2-1-8(5-11(10)16)12(19)7-18-14(21)9-3-4-17-13(20)6-9/h1-6,12,19H,7H2,(H,17,20)(H,18,21). The maximum Gasteiger partial charge on any atom is 0.251 e. The molecular weight excluding hydrogens is 299 g/mol. The lowest BCUT2D eigenvalue weighted by Gasteiger charge is -2.12. The molecule has 2 aromatic rings. The van der Waals surface area contributed by atoms with Crippen molar-refractivity contribution in [2.45, 2.75) is 6.10 Å². The summed E-state index contributed by atoms with van der Waals surface area (Å²) < 4.78 is 13.3. The summed E-state index contributed by atoms with van der Waals surface area (Å²) >= 11 is 5.55. The average molecular weight is 311 g/mol. The maximum atomic E-state index is 13.3. The summed E-state index contributed by atoms with van der Waals surface area (Å²) in [4.78, 5) is 25.3. The quantitative estimate of drug-likeness (QED) is 0.802. The first-order chi connectivity index (χ1) is 9.97. The summed E-state index contributed by atoms with van der Waals surface area (Å²) in [7, 11) is 0. The Kier molecular flexibility index (Phi) is 4.72. The maximum absolute atomic E-state index is 13.3. The van der Waals surface area contributed by atoms with Crippen LogP contribution in [0, 0.1) is 5.82 Å². The lowest BCUT2D eigenvalue weighted by molar-refractivity contribution is 0.0916. The first-order valence-corrected chi connectivity index (χ1v) is 6.45. The third-order valence-corrected chi connectivity index (χ3v) is 3.13. The predicted molar refractivity (Wildman–Crippen MR) is 75.8 cm³/mol. The van der Waals surface area contributed by atoms with Gasteiger partial charge in [0.25, 0.3) is 5.91 Å². The number of hydrogen-bond donors (Lipinski definition) is 3. The number of H-pyrrole nitrogens is 1. The number of halogens is 2. The highest BCUT2D eigenvalue weighted by molar-refractivity contribution is 6.30. The van der Waals surface area contributed by atoms with E-state index in [-0.39, 0.29) is 17.1 Å². The number of benzene rings is 1. The fraction of sp³-hybridized carbons (Fsp3) is 0.143. The van der Waals surface area contributed by atoms with Crippen LogP contribution in [0.25, 0.3) is 0 Å². The van der Waals surface area contributed by atoms with E-state index in [4.69, 9.17) is 11.6 Å². The van der Waals surface area contributed by atoms with Crippen LogP contribution in [0.2, 0.25) is 5.02 Å². The molecule has 0 radical (unpaired) electrons. The number of carbonyl (C=O) groups is 1. The molecule has 0 bridgehead atoms. The third kappa shape index (κ3) is 3.90. The van der Waals surface area contributed by atoms with Gasteiger partial charge in [0.1, 0.15) is 5.82 Å². The van der Waals surface area contributed by atoms with Crippen LogP contribution in [0.5, 0.6) is 0 Å². The number of pyridine rings is 1. The zero-order valence-electron chi connectivity index (χ0n) is 10.8. The molecule has 0 fully saturated rings. The summed E-state index contributed by atoms with van der Waals surface area (Å²) in [5.74, 6) is -1.15. The minimum atomic E-state index is -1.08. The topological polar surface area (TPSA) is 82.2 Å². The molecule has 0 aliphatic carbocycles. The molecule has 1 aromatic heterocycles. The van der Waals surface area contributed by atoms with Gasteiger partial charge in [-0.1, -0.05) is 17.7 Å². The molecule has 7 heteroatoms. The van der Waals surface area contributed by atoms with Crippen molar-refractivity contribution < 1.29 is 14.3 Å². The Balaban J connectivity index is 2.00. The van der Waals surface area contributed by atoms with Crippen LogP contribution in [0.4, 0.5) is 4.39 Å². The molecule has 2 rings (SSSR count). The number of aromatic nitrogens is 1. The second-order valence-corrected chi connectivity index (χ2v) is 4.75. The lowest BCUT2D eigenvalue weighted by Crippen LogP contribution is -2.29. The molecule has 1 atom stereocenters. The molecule has 0 spiro atoms. The molecule has 0 aliphatic heterocycles. The van der Waals surface area contributed by atoms with Crippen molar-refractivity contribution in [3.63, 3.8) is 0 Å². The molecule has 1 amide bonds. The van der Waals surface area contributed by atoms with Crippen LogP contribution in [0.3, 0.4) is 0 Å². The number of aliphatic hydroxyl groups is 1. The summed E-state index contributed by atoms with van der Waals surface area (Å²) in [5, 5.41) is 12.3. The van der Waals surface area contributed by atoms with Gasteiger partial charge in [-0.05, 0) is 23.8 Å². The van der Waals surface area contributed by atoms with E-state index < -0.39 is 23.4 Å². The van der Waals surface area contributed by atoms with Crippen molar-refractivity contribution in [2.75, 3.05) is 6.54 Å². The largest absolute Gasteiger partial charge is 0.387 e. The van der Waals surface area contributed by atoms with E-state index in [1.165, 1.54) is 24.4 Å². The lowest BCUT2D eigenvalue weighted by atomic mass is 10.1. The van der Waals surface area contributed by atoms with E-state index in [9.17, 15) is 19.1 Å². The van der Waals surface area contributed by atoms with E-state index in [1.807, 2.05) is 0 Å². The van der Waals surface area contributed by atoms with Gasteiger partial charge in [-0.3, -0.25) is 9.59 Å². The Morgan fingerprint density at radius 3 is 2.81 bits per heavy atom. The van der Waals surface area contributed by atoms with Crippen molar-refractivity contribution in [2.24, 2.45) is 0 Å².